The molecule has 8 rings (SSSR count). The topological polar surface area (TPSA) is 91.8 Å². The highest BCUT2D eigenvalue weighted by molar-refractivity contribution is 6.31. The van der Waals surface area contributed by atoms with Crippen LogP contribution in [0.3, 0.4) is 0 Å². The molecule has 3 aromatic rings. The van der Waals surface area contributed by atoms with Gasteiger partial charge in [0.05, 0.1) is 17.3 Å². The molecule has 1 heterocycles. The van der Waals surface area contributed by atoms with Crippen LogP contribution in [0.1, 0.15) is 67.6 Å². The smallest absolute Gasteiger partial charge is 0.233 e. The molecule has 0 aromatic heterocycles. The lowest BCUT2D eigenvalue weighted by molar-refractivity contribution is -0.144. The molecule has 6 atom stereocenters. The van der Waals surface area contributed by atoms with Crippen LogP contribution in [0, 0.1) is 23.7 Å². The van der Waals surface area contributed by atoms with Gasteiger partial charge < -0.3 is 5.11 Å². The first-order valence-electron chi connectivity index (χ1n) is 16.7. The predicted molar refractivity (Wildman–Crippen MR) is 173 cm³/mol. The number of carbonyl (C=O) groups excluding carboxylic acids is 4. The van der Waals surface area contributed by atoms with E-state index in [-0.39, 0.29) is 41.1 Å². The Morgan fingerprint density at radius 3 is 2.20 bits per heavy atom. The molecule has 6 heteroatoms. The highest BCUT2D eigenvalue weighted by Gasteiger charge is 2.66. The fourth-order valence-electron chi connectivity index (χ4n) is 9.68. The molecular formula is C40H37NO5. The first-order valence-corrected chi connectivity index (χ1v) is 16.7. The Morgan fingerprint density at radius 1 is 0.761 bits per heavy atom. The number of amides is 2. The fraction of sp³-hybridized carbons (Fsp3) is 0.350. The van der Waals surface area contributed by atoms with Gasteiger partial charge in [0, 0.05) is 23.5 Å². The second-order valence-electron chi connectivity index (χ2n) is 13.7. The van der Waals surface area contributed by atoms with Crippen LogP contribution >= 0.6 is 0 Å². The number of phenolic OH excluding ortho intramolecular Hbond substituents is 1. The number of phenols is 1. The number of hydrogen-bond donors (Lipinski definition) is 1. The number of Topliss-reactive ketones (excluding diaryl/α,β-unsaturated/α-hetero) is 1. The monoisotopic (exact) mass is 611 g/mol. The Hall–Kier alpha value is -4.58. The molecule has 3 aromatic carbocycles. The van der Waals surface area contributed by atoms with Gasteiger partial charge in [-0.2, -0.15) is 0 Å². The zero-order chi connectivity index (χ0) is 31.6. The molecule has 0 radical (unpaired) electrons. The molecular weight excluding hydrogens is 574 g/mol. The summed E-state index contributed by atoms with van der Waals surface area (Å²) in [6, 6.07) is 25.7. The fourth-order valence-corrected chi connectivity index (χ4v) is 9.68. The van der Waals surface area contributed by atoms with E-state index in [0.717, 1.165) is 48.8 Å². The molecule has 1 saturated heterocycles. The van der Waals surface area contributed by atoms with Crippen LogP contribution in [0.5, 0.6) is 5.75 Å². The van der Waals surface area contributed by atoms with Gasteiger partial charge in [0.25, 0.3) is 0 Å². The van der Waals surface area contributed by atoms with Gasteiger partial charge in [0.15, 0.2) is 11.6 Å². The predicted octanol–water partition coefficient (Wildman–Crippen LogP) is 6.55. The summed E-state index contributed by atoms with van der Waals surface area (Å²) in [4.78, 5) is 59.8. The van der Waals surface area contributed by atoms with Crippen LogP contribution < -0.4 is 0 Å². The van der Waals surface area contributed by atoms with E-state index >= 15 is 0 Å². The molecule has 232 valence electrons. The third kappa shape index (κ3) is 4.15. The minimum absolute atomic E-state index is 0.0674. The van der Waals surface area contributed by atoms with Crippen LogP contribution in [-0.4, -0.2) is 39.4 Å². The second-order valence-corrected chi connectivity index (χ2v) is 13.7. The third-order valence-corrected chi connectivity index (χ3v) is 11.6. The molecule has 1 N–H and O–H groups in total. The highest BCUT2D eigenvalue weighted by Crippen LogP contribution is 2.63. The Labute approximate surface area is 268 Å². The van der Waals surface area contributed by atoms with E-state index < -0.39 is 29.1 Å². The Bertz CT molecular complexity index is 1800. The van der Waals surface area contributed by atoms with Crippen LogP contribution in [-0.2, 0) is 24.6 Å². The van der Waals surface area contributed by atoms with Crippen molar-refractivity contribution in [2.45, 2.75) is 62.3 Å². The average molecular weight is 612 g/mol. The van der Waals surface area contributed by atoms with E-state index in [2.05, 4.69) is 6.08 Å². The summed E-state index contributed by atoms with van der Waals surface area (Å²) in [5.41, 5.74) is 2.19. The van der Waals surface area contributed by atoms with Crippen molar-refractivity contribution >= 4 is 29.0 Å². The van der Waals surface area contributed by atoms with E-state index in [1.165, 1.54) is 6.08 Å². The van der Waals surface area contributed by atoms with Crippen molar-refractivity contribution in [1.29, 1.82) is 0 Å². The molecule has 0 unspecified atom stereocenters. The van der Waals surface area contributed by atoms with Gasteiger partial charge in [0.2, 0.25) is 11.8 Å². The van der Waals surface area contributed by atoms with E-state index in [9.17, 15) is 24.3 Å². The number of allylic oxidation sites excluding steroid dienone is 4. The summed E-state index contributed by atoms with van der Waals surface area (Å²) in [5.74, 6) is -3.21. The molecule has 5 aliphatic rings. The molecule has 2 saturated carbocycles. The number of rotatable bonds is 4. The molecule has 46 heavy (non-hydrogen) atoms. The number of aromatic hydroxyl groups is 1. The summed E-state index contributed by atoms with van der Waals surface area (Å²) in [7, 11) is 0. The minimum atomic E-state index is -1.28. The highest BCUT2D eigenvalue weighted by atomic mass is 16.3. The maximum absolute atomic E-state index is 15.0. The van der Waals surface area contributed by atoms with Gasteiger partial charge in [-0.15, -0.1) is 0 Å². The number of likely N-dealkylation sites (tertiary alicyclic amines) is 1. The van der Waals surface area contributed by atoms with Crippen molar-refractivity contribution in [1.82, 2.24) is 4.90 Å². The molecule has 1 aliphatic heterocycles. The van der Waals surface area contributed by atoms with Gasteiger partial charge in [0.1, 0.15) is 5.75 Å². The molecule has 0 spiro atoms. The minimum Gasteiger partial charge on any atom is -0.508 e. The van der Waals surface area contributed by atoms with Crippen molar-refractivity contribution in [2.75, 3.05) is 0 Å². The average Bonchev–Trinajstić information content (AvgIpc) is 3.35. The SMILES string of the molecule is O=C1C(c2ccccc2)=CC(=O)[C@@]2(c3ccccc3)[C@@H](c3cccc(O)c3)C3=CC[C@@H]4C(=O)N(C5CCCCC5)C(=O)[C@@H]4[C@@H]3C[C@@H]12. The number of nitrogens with zero attached hydrogens (tertiary/aromatic N) is 1. The number of benzene rings is 3. The number of imide groups is 1. The zero-order valence-electron chi connectivity index (χ0n) is 25.7. The maximum Gasteiger partial charge on any atom is 0.233 e. The Morgan fingerprint density at radius 2 is 1.48 bits per heavy atom. The molecule has 0 bridgehead atoms. The van der Waals surface area contributed by atoms with Crippen molar-refractivity contribution in [3.05, 3.63) is 119 Å². The number of hydrogen-bond acceptors (Lipinski definition) is 5. The third-order valence-electron chi connectivity index (χ3n) is 11.6. The first kappa shape index (κ1) is 28.9. The van der Waals surface area contributed by atoms with Crippen molar-refractivity contribution in [3.8, 4) is 5.75 Å². The van der Waals surface area contributed by atoms with E-state index in [0.29, 0.717) is 24.0 Å². The number of ketones is 2. The van der Waals surface area contributed by atoms with Gasteiger partial charge in [-0.25, -0.2) is 0 Å². The van der Waals surface area contributed by atoms with Crippen molar-refractivity contribution in [3.63, 3.8) is 0 Å². The number of carbonyl (C=O) groups is 4. The lowest BCUT2D eigenvalue weighted by Crippen LogP contribution is -2.58. The van der Waals surface area contributed by atoms with Crippen LogP contribution in [0.2, 0.25) is 0 Å². The first-order chi connectivity index (χ1) is 22.4. The largest absolute Gasteiger partial charge is 0.508 e. The van der Waals surface area contributed by atoms with Gasteiger partial charge in [-0.3, -0.25) is 24.1 Å². The lowest BCUT2D eigenvalue weighted by Gasteiger charge is -2.55. The van der Waals surface area contributed by atoms with Crippen LogP contribution in [0.15, 0.2) is 103 Å². The molecule has 4 aliphatic carbocycles. The van der Waals surface area contributed by atoms with E-state index in [1.807, 2.05) is 66.7 Å². The maximum atomic E-state index is 15.0. The summed E-state index contributed by atoms with van der Waals surface area (Å²) in [6.07, 6.45) is 9.15. The normalized spacial score (nSPS) is 31.1. The summed E-state index contributed by atoms with van der Waals surface area (Å²) in [5, 5.41) is 10.7. The van der Waals surface area contributed by atoms with Crippen LogP contribution in [0.25, 0.3) is 5.57 Å². The summed E-state index contributed by atoms with van der Waals surface area (Å²) >= 11 is 0. The standard InChI is InChI=1S/C40H37NO5/c42-28-18-10-13-25(21-28)36-29-19-20-30-35(39(46)41(38(30)45)27-16-8-3-9-17-27)32(29)22-33-37(44)31(24-11-4-1-5-12-24)23-34(43)40(33,36)26-14-6-2-7-15-26/h1-2,4-7,10-15,18-19,21,23,27,30,32-33,35-36,42H,3,8-9,16-17,20,22H2/t30-,32+,33-,35-,36-,40-/m0/s1. The quantitative estimate of drug-likeness (QED) is 0.267. The second kappa shape index (κ2) is 11.0. The molecule has 3 fully saturated rings. The Kier molecular flexibility index (Phi) is 6.93. The lowest BCUT2D eigenvalue weighted by atomic mass is 9.44. The Balaban J connectivity index is 1.34. The molecule has 2 amide bonds. The number of fused-ring (bicyclic) bond motifs is 4. The summed E-state index contributed by atoms with van der Waals surface area (Å²) in [6.45, 7) is 0. The van der Waals surface area contributed by atoms with E-state index in [4.69, 9.17) is 0 Å². The van der Waals surface area contributed by atoms with Gasteiger partial charge in [-0.05, 0) is 66.5 Å². The zero-order valence-corrected chi connectivity index (χ0v) is 25.7. The van der Waals surface area contributed by atoms with E-state index in [1.54, 1.807) is 23.1 Å². The van der Waals surface area contributed by atoms with Crippen molar-refractivity contribution in [2.24, 2.45) is 23.7 Å². The van der Waals surface area contributed by atoms with Crippen molar-refractivity contribution < 1.29 is 24.3 Å². The molecule has 6 nitrogen and oxygen atoms in total. The van der Waals surface area contributed by atoms with Gasteiger partial charge in [-0.1, -0.05) is 104 Å². The van der Waals surface area contributed by atoms with Crippen LogP contribution in [0.4, 0.5) is 0 Å². The van der Waals surface area contributed by atoms with Gasteiger partial charge >= 0.3 is 0 Å². The summed E-state index contributed by atoms with van der Waals surface area (Å²) < 4.78 is 0.